The van der Waals surface area contributed by atoms with Crippen molar-refractivity contribution in [2.75, 3.05) is 19.0 Å². The fraction of sp³-hybridized carbons (Fsp3) is 0.417. The van der Waals surface area contributed by atoms with Crippen molar-refractivity contribution in [2.45, 2.75) is 19.8 Å². The lowest BCUT2D eigenvalue weighted by Gasteiger charge is -2.12. The first-order chi connectivity index (χ1) is 8.04. The van der Waals surface area contributed by atoms with Crippen LogP contribution < -0.4 is 10.1 Å². The third kappa shape index (κ3) is 4.15. The van der Waals surface area contributed by atoms with E-state index in [4.69, 9.17) is 21.4 Å². The summed E-state index contributed by atoms with van der Waals surface area (Å²) in [6, 6.07) is 3.64. The van der Waals surface area contributed by atoms with Crippen molar-refractivity contribution in [3.8, 4) is 5.75 Å². The van der Waals surface area contributed by atoms with Gasteiger partial charge in [-0.2, -0.15) is 0 Å². The molecule has 5 heteroatoms. The molecule has 0 radical (unpaired) electrons. The Kier molecular flexibility index (Phi) is 5.10. The number of benzene rings is 1. The van der Waals surface area contributed by atoms with E-state index in [0.717, 1.165) is 11.3 Å². The molecule has 0 saturated heterocycles. The Morgan fingerprint density at radius 2 is 2.24 bits per heavy atom. The van der Waals surface area contributed by atoms with Gasteiger partial charge in [-0.05, 0) is 25.0 Å². The van der Waals surface area contributed by atoms with Gasteiger partial charge in [-0.15, -0.1) is 0 Å². The number of nitrogens with one attached hydrogen (secondary N) is 1. The Labute approximate surface area is 106 Å². The highest BCUT2D eigenvalue weighted by atomic mass is 35.5. The van der Waals surface area contributed by atoms with Gasteiger partial charge in [-0.1, -0.05) is 11.6 Å². The second-order valence-corrected chi connectivity index (χ2v) is 4.13. The molecule has 0 spiro atoms. The van der Waals surface area contributed by atoms with Crippen LogP contribution in [0.15, 0.2) is 12.1 Å². The van der Waals surface area contributed by atoms with Gasteiger partial charge in [0.25, 0.3) is 0 Å². The van der Waals surface area contributed by atoms with E-state index in [0.29, 0.717) is 23.7 Å². The van der Waals surface area contributed by atoms with E-state index >= 15 is 0 Å². The van der Waals surface area contributed by atoms with Gasteiger partial charge in [0.2, 0.25) is 0 Å². The van der Waals surface area contributed by atoms with Crippen LogP contribution >= 0.6 is 11.6 Å². The van der Waals surface area contributed by atoms with Crippen molar-refractivity contribution in [1.29, 1.82) is 0 Å². The third-order valence-electron chi connectivity index (χ3n) is 2.36. The minimum atomic E-state index is -0.786. The van der Waals surface area contributed by atoms with Gasteiger partial charge in [0.1, 0.15) is 5.75 Å². The van der Waals surface area contributed by atoms with Crippen LogP contribution in [0.3, 0.4) is 0 Å². The lowest BCUT2D eigenvalue weighted by molar-refractivity contribution is -0.137. The SMILES string of the molecule is COc1cc(Cl)c(C)cc1NCCCC(=O)O. The highest BCUT2D eigenvalue weighted by Crippen LogP contribution is 2.30. The van der Waals surface area contributed by atoms with E-state index in [2.05, 4.69) is 5.32 Å². The zero-order valence-corrected chi connectivity index (χ0v) is 10.7. The first-order valence-electron chi connectivity index (χ1n) is 5.34. The summed E-state index contributed by atoms with van der Waals surface area (Å²) in [7, 11) is 1.57. The van der Waals surface area contributed by atoms with Gasteiger partial charge >= 0.3 is 5.97 Å². The van der Waals surface area contributed by atoms with Crippen molar-refractivity contribution in [2.24, 2.45) is 0 Å². The summed E-state index contributed by atoms with van der Waals surface area (Å²) in [6.07, 6.45) is 0.724. The van der Waals surface area contributed by atoms with E-state index in [1.165, 1.54) is 0 Å². The van der Waals surface area contributed by atoms with Crippen LogP contribution in [0.25, 0.3) is 0 Å². The smallest absolute Gasteiger partial charge is 0.303 e. The Morgan fingerprint density at radius 1 is 1.53 bits per heavy atom. The van der Waals surface area contributed by atoms with Gasteiger partial charge in [0.05, 0.1) is 12.8 Å². The largest absolute Gasteiger partial charge is 0.495 e. The summed E-state index contributed by atoms with van der Waals surface area (Å²) >= 11 is 5.98. The van der Waals surface area contributed by atoms with Crippen molar-refractivity contribution in [3.05, 3.63) is 22.7 Å². The molecule has 0 bridgehead atoms. The van der Waals surface area contributed by atoms with Crippen LogP contribution in [0.1, 0.15) is 18.4 Å². The fourth-order valence-electron chi connectivity index (χ4n) is 1.43. The molecule has 0 atom stereocenters. The van der Waals surface area contributed by atoms with E-state index in [-0.39, 0.29) is 6.42 Å². The Hall–Kier alpha value is -1.42. The highest BCUT2D eigenvalue weighted by Gasteiger charge is 2.06. The van der Waals surface area contributed by atoms with Crippen molar-refractivity contribution in [1.82, 2.24) is 0 Å². The second-order valence-electron chi connectivity index (χ2n) is 3.73. The van der Waals surface area contributed by atoms with Gasteiger partial charge in [-0.3, -0.25) is 4.79 Å². The number of aliphatic carboxylic acids is 1. The minimum absolute atomic E-state index is 0.155. The van der Waals surface area contributed by atoms with E-state index in [1.54, 1.807) is 13.2 Å². The van der Waals surface area contributed by atoms with Crippen LogP contribution in [-0.2, 0) is 4.79 Å². The predicted octanol–water partition coefficient (Wildman–Crippen LogP) is 2.93. The molecule has 0 aliphatic rings. The van der Waals surface area contributed by atoms with Crippen molar-refractivity contribution in [3.63, 3.8) is 0 Å². The number of ether oxygens (including phenoxy) is 1. The summed E-state index contributed by atoms with van der Waals surface area (Å²) in [5.74, 6) is -0.123. The zero-order valence-electron chi connectivity index (χ0n) is 9.92. The normalized spacial score (nSPS) is 10.1. The molecule has 17 heavy (non-hydrogen) atoms. The molecule has 0 aliphatic carbocycles. The molecule has 0 fully saturated rings. The standard InChI is InChI=1S/C12H16ClNO3/c1-8-6-10(11(17-2)7-9(8)13)14-5-3-4-12(15)16/h6-7,14H,3-5H2,1-2H3,(H,15,16). The topological polar surface area (TPSA) is 58.6 Å². The molecule has 0 aliphatic heterocycles. The van der Waals surface area contributed by atoms with Crippen molar-refractivity contribution >= 4 is 23.3 Å². The number of carboxylic acid groups (broad SMARTS) is 1. The number of rotatable bonds is 6. The second kappa shape index (κ2) is 6.35. The average molecular weight is 258 g/mol. The molecule has 0 unspecified atom stereocenters. The summed E-state index contributed by atoms with van der Waals surface area (Å²) < 4.78 is 5.20. The molecule has 0 heterocycles. The quantitative estimate of drug-likeness (QED) is 0.770. The highest BCUT2D eigenvalue weighted by molar-refractivity contribution is 6.31. The summed E-state index contributed by atoms with van der Waals surface area (Å²) in [4.78, 5) is 10.4. The summed E-state index contributed by atoms with van der Waals surface area (Å²) in [6.45, 7) is 2.49. The van der Waals surface area contributed by atoms with Gasteiger partial charge in [0.15, 0.2) is 0 Å². The number of halogens is 1. The van der Waals surface area contributed by atoms with Crippen LogP contribution in [0, 0.1) is 6.92 Å². The van der Waals surface area contributed by atoms with Gasteiger partial charge in [0, 0.05) is 24.1 Å². The van der Waals surface area contributed by atoms with Gasteiger partial charge in [-0.25, -0.2) is 0 Å². The molecular formula is C12H16ClNO3. The maximum absolute atomic E-state index is 10.4. The summed E-state index contributed by atoms with van der Waals surface area (Å²) in [5, 5.41) is 12.3. The number of aryl methyl sites for hydroxylation is 1. The molecular weight excluding hydrogens is 242 g/mol. The molecule has 2 N–H and O–H groups in total. The molecule has 94 valence electrons. The van der Waals surface area contributed by atoms with Crippen LogP contribution in [0.2, 0.25) is 5.02 Å². The number of hydrogen-bond acceptors (Lipinski definition) is 3. The number of carbonyl (C=O) groups is 1. The maximum atomic E-state index is 10.4. The fourth-order valence-corrected chi connectivity index (χ4v) is 1.59. The molecule has 0 amide bonds. The first-order valence-corrected chi connectivity index (χ1v) is 5.72. The molecule has 0 saturated carbocycles. The van der Waals surface area contributed by atoms with Crippen molar-refractivity contribution < 1.29 is 14.6 Å². The molecule has 4 nitrogen and oxygen atoms in total. The Balaban J connectivity index is 2.63. The monoisotopic (exact) mass is 257 g/mol. The Bertz CT molecular complexity index is 407. The first kappa shape index (κ1) is 13.6. The van der Waals surface area contributed by atoms with E-state index < -0.39 is 5.97 Å². The lowest BCUT2D eigenvalue weighted by atomic mass is 10.2. The molecule has 1 aromatic rings. The Morgan fingerprint density at radius 3 is 2.82 bits per heavy atom. The summed E-state index contributed by atoms with van der Waals surface area (Å²) in [5.41, 5.74) is 1.79. The zero-order chi connectivity index (χ0) is 12.8. The lowest BCUT2D eigenvalue weighted by Crippen LogP contribution is -2.06. The predicted molar refractivity (Wildman–Crippen MR) is 68.1 cm³/mol. The number of hydrogen-bond donors (Lipinski definition) is 2. The van der Waals surface area contributed by atoms with E-state index in [1.807, 2.05) is 13.0 Å². The number of methoxy groups -OCH3 is 1. The third-order valence-corrected chi connectivity index (χ3v) is 2.77. The minimum Gasteiger partial charge on any atom is -0.495 e. The molecule has 1 rings (SSSR count). The van der Waals surface area contributed by atoms with Crippen LogP contribution in [-0.4, -0.2) is 24.7 Å². The average Bonchev–Trinajstić information content (AvgIpc) is 2.28. The van der Waals surface area contributed by atoms with Gasteiger partial charge < -0.3 is 15.2 Å². The van der Waals surface area contributed by atoms with E-state index in [9.17, 15) is 4.79 Å². The number of anilines is 1. The maximum Gasteiger partial charge on any atom is 0.303 e. The van der Waals surface area contributed by atoms with Crippen LogP contribution in [0.4, 0.5) is 5.69 Å². The number of carboxylic acids is 1. The van der Waals surface area contributed by atoms with Crippen LogP contribution in [0.5, 0.6) is 5.75 Å². The molecule has 0 aromatic heterocycles. The molecule has 1 aromatic carbocycles.